The Morgan fingerprint density at radius 3 is 1.96 bits per heavy atom. The van der Waals surface area contributed by atoms with Gasteiger partial charge in [-0.1, -0.05) is 0 Å². The molecule has 2 aromatic carbocycles. The van der Waals surface area contributed by atoms with Gasteiger partial charge in [-0.3, -0.25) is 4.79 Å². The summed E-state index contributed by atoms with van der Waals surface area (Å²) in [5.41, 5.74) is -1.28. The van der Waals surface area contributed by atoms with Crippen LogP contribution >= 0.6 is 0 Å². The lowest BCUT2D eigenvalue weighted by molar-refractivity contribution is 0.368. The fourth-order valence-electron chi connectivity index (χ4n) is 2.21. The Morgan fingerprint density at radius 1 is 0.739 bits per heavy atom. The second-order valence-electron chi connectivity index (χ2n) is 4.81. The molecule has 0 fully saturated rings. The molecule has 6 N–H and O–H groups in total. The van der Waals surface area contributed by atoms with Gasteiger partial charge < -0.3 is 35.1 Å². The number of fused-ring (bicyclic) bond motifs is 1. The maximum absolute atomic E-state index is 12.2. The number of rotatable bonds is 1. The Bertz CT molecular complexity index is 980. The first-order chi connectivity index (χ1) is 10.8. The van der Waals surface area contributed by atoms with Gasteiger partial charge >= 0.3 is 0 Å². The third-order valence-electron chi connectivity index (χ3n) is 3.27. The first-order valence-electron chi connectivity index (χ1n) is 6.26. The predicted molar refractivity (Wildman–Crippen MR) is 77.9 cm³/mol. The zero-order valence-electron chi connectivity index (χ0n) is 11.3. The molecule has 8 heteroatoms. The molecule has 0 bridgehead atoms. The summed E-state index contributed by atoms with van der Waals surface area (Å²) in [5, 5.41) is 57.2. The molecule has 23 heavy (non-hydrogen) atoms. The molecule has 0 unspecified atom stereocenters. The van der Waals surface area contributed by atoms with Crippen LogP contribution in [0.15, 0.2) is 33.5 Å². The van der Waals surface area contributed by atoms with Crippen molar-refractivity contribution in [3.8, 4) is 45.8 Å². The largest absolute Gasteiger partial charge is 0.508 e. The van der Waals surface area contributed by atoms with E-state index in [-0.39, 0.29) is 22.3 Å². The monoisotopic (exact) mass is 321 g/mol. The molecule has 0 atom stereocenters. The number of hydrogen-bond donors (Lipinski definition) is 6. The standard InChI is InChI=1S/C15H10O8/c16-6-3-7(17)11-10(4-6)23-15(14(22)13(11)21)5-1-8(18)12(20)9(19)2-5/h1-4,16-20,22H/i13+1,14+1,15+1. The molecule has 0 spiro atoms. The molecule has 0 aliphatic rings. The summed E-state index contributed by atoms with van der Waals surface area (Å²) < 4.78 is 5.30. The molecule has 118 valence electrons. The summed E-state index contributed by atoms with van der Waals surface area (Å²) >= 11 is 0. The van der Waals surface area contributed by atoms with Gasteiger partial charge in [0, 0.05) is 17.7 Å². The summed E-state index contributed by atoms with van der Waals surface area (Å²) in [6.45, 7) is 0. The van der Waals surface area contributed by atoms with Crippen molar-refractivity contribution in [2.24, 2.45) is 0 Å². The molecular formula is C15H10O8. The third-order valence-corrected chi connectivity index (χ3v) is 3.27. The topological polar surface area (TPSA) is 152 Å². The van der Waals surface area contributed by atoms with Crippen LogP contribution in [0, 0.1) is 0 Å². The molecule has 1 aromatic heterocycles. The fourth-order valence-corrected chi connectivity index (χ4v) is 2.21. The maximum Gasteiger partial charge on any atom is 0.238 e. The molecule has 0 saturated carbocycles. The van der Waals surface area contributed by atoms with Crippen LogP contribution < -0.4 is 5.43 Å². The quantitative estimate of drug-likeness (QED) is 0.370. The van der Waals surface area contributed by atoms with E-state index in [1.54, 1.807) is 0 Å². The highest BCUT2D eigenvalue weighted by molar-refractivity contribution is 5.88. The van der Waals surface area contributed by atoms with Crippen LogP contribution in [0.3, 0.4) is 0 Å². The van der Waals surface area contributed by atoms with Crippen LogP contribution in [0.4, 0.5) is 0 Å². The van der Waals surface area contributed by atoms with E-state index in [0.717, 1.165) is 24.3 Å². The second kappa shape index (κ2) is 4.73. The molecular weight excluding hydrogens is 311 g/mol. The number of phenolic OH excluding ortho intramolecular Hbond substituents is 5. The lowest BCUT2D eigenvalue weighted by Gasteiger charge is -2.09. The van der Waals surface area contributed by atoms with Crippen molar-refractivity contribution in [3.05, 3.63) is 34.5 Å². The lowest BCUT2D eigenvalue weighted by Crippen LogP contribution is -2.03. The summed E-state index contributed by atoms with van der Waals surface area (Å²) in [6.07, 6.45) is 0. The summed E-state index contributed by atoms with van der Waals surface area (Å²) in [7, 11) is 0. The Morgan fingerprint density at radius 2 is 1.35 bits per heavy atom. The van der Waals surface area contributed by atoms with E-state index in [2.05, 4.69) is 0 Å². The van der Waals surface area contributed by atoms with Gasteiger partial charge in [-0.25, -0.2) is 0 Å². The minimum atomic E-state index is -0.967. The summed E-state index contributed by atoms with van der Waals surface area (Å²) in [4.78, 5) is 12.2. The van der Waals surface area contributed by atoms with Crippen LogP contribution in [0.1, 0.15) is 0 Å². The average Bonchev–Trinajstić information content (AvgIpc) is 2.47. The highest BCUT2D eigenvalue weighted by atomic mass is 16.4. The van der Waals surface area contributed by atoms with E-state index < -0.39 is 39.9 Å². The Kier molecular flexibility index (Phi) is 2.96. The minimum Gasteiger partial charge on any atom is -0.508 e. The highest BCUT2D eigenvalue weighted by Crippen LogP contribution is 2.42. The minimum absolute atomic E-state index is 0.0999. The molecule has 8 nitrogen and oxygen atoms in total. The van der Waals surface area contributed by atoms with E-state index in [1.165, 1.54) is 0 Å². The molecule has 0 aliphatic carbocycles. The lowest BCUT2D eigenvalue weighted by atomic mass is 10.2. The van der Waals surface area contributed by atoms with Crippen molar-refractivity contribution in [1.82, 2.24) is 0 Å². The van der Waals surface area contributed by atoms with Gasteiger partial charge in [0.25, 0.3) is 0 Å². The van der Waals surface area contributed by atoms with Gasteiger partial charge in [-0.05, 0) is 12.1 Å². The Balaban J connectivity index is 2.40. The zero-order valence-corrected chi connectivity index (χ0v) is 11.3. The van der Waals surface area contributed by atoms with E-state index in [0.29, 0.717) is 0 Å². The van der Waals surface area contributed by atoms with Gasteiger partial charge in [0.05, 0.1) is 0 Å². The molecule has 3 rings (SSSR count). The zero-order chi connectivity index (χ0) is 16.9. The number of hydrogen-bond acceptors (Lipinski definition) is 8. The van der Waals surface area contributed by atoms with Crippen molar-refractivity contribution in [1.29, 1.82) is 0 Å². The highest BCUT2D eigenvalue weighted by Gasteiger charge is 2.20. The summed E-state index contributed by atoms with van der Waals surface area (Å²) in [5.74, 6) is -4.40. The molecule has 3 aromatic rings. The van der Waals surface area contributed by atoms with E-state index in [4.69, 9.17) is 4.42 Å². The van der Waals surface area contributed by atoms with Crippen LogP contribution in [-0.2, 0) is 0 Å². The molecule has 0 radical (unpaired) electrons. The normalized spacial score (nSPS) is 11.0. The number of benzene rings is 2. The summed E-state index contributed by atoms with van der Waals surface area (Å²) in [6, 6.07) is 3.89. The van der Waals surface area contributed by atoms with E-state index >= 15 is 0 Å². The van der Waals surface area contributed by atoms with Crippen molar-refractivity contribution >= 4 is 11.0 Å². The number of phenols is 5. The molecule has 0 saturated heterocycles. The van der Waals surface area contributed by atoms with Gasteiger partial charge in [0.1, 0.15) is 22.5 Å². The molecule has 0 amide bonds. The van der Waals surface area contributed by atoms with Crippen LogP contribution in [0.25, 0.3) is 22.3 Å². The maximum atomic E-state index is 12.2. The average molecular weight is 321 g/mol. The third kappa shape index (κ3) is 2.13. The SMILES string of the molecule is O=[13c]1c2c(O)cc(O)cc2o[13c](-c2cc(O)c(O)c(O)c2)[13c]1O. The van der Waals surface area contributed by atoms with Crippen LogP contribution in [0.5, 0.6) is 34.5 Å². The number of aromatic hydroxyl groups is 6. The fraction of sp³-hybridized carbons (Fsp3) is 0. The smallest absolute Gasteiger partial charge is 0.238 e. The van der Waals surface area contributed by atoms with Gasteiger partial charge in [-0.15, -0.1) is 0 Å². The molecule has 0 aliphatic heterocycles. The molecule has 1 heterocycles. The van der Waals surface area contributed by atoms with E-state index in [1.807, 2.05) is 0 Å². The van der Waals surface area contributed by atoms with Crippen molar-refractivity contribution in [2.45, 2.75) is 0 Å². The first-order valence-corrected chi connectivity index (χ1v) is 6.26. The Labute approximate surface area is 127 Å². The first kappa shape index (κ1) is 14.4. The van der Waals surface area contributed by atoms with Crippen LogP contribution in [0.2, 0.25) is 0 Å². The van der Waals surface area contributed by atoms with Crippen molar-refractivity contribution in [3.63, 3.8) is 0 Å². The Hall–Kier alpha value is -3.55. The predicted octanol–water partition coefficient (Wildman–Crippen LogP) is 1.69. The van der Waals surface area contributed by atoms with Gasteiger partial charge in [0.15, 0.2) is 23.0 Å². The van der Waals surface area contributed by atoms with Crippen molar-refractivity contribution < 1.29 is 35.1 Å². The van der Waals surface area contributed by atoms with Gasteiger partial charge in [-0.2, -0.15) is 0 Å². The van der Waals surface area contributed by atoms with Gasteiger partial charge in [0.2, 0.25) is 11.2 Å². The van der Waals surface area contributed by atoms with E-state index in [9.17, 15) is 35.4 Å². The second-order valence-corrected chi connectivity index (χ2v) is 4.81. The van der Waals surface area contributed by atoms with Crippen LogP contribution in [-0.4, -0.2) is 30.6 Å². The van der Waals surface area contributed by atoms with Crippen molar-refractivity contribution in [2.75, 3.05) is 0 Å².